The predicted molar refractivity (Wildman–Crippen MR) is 61.9 cm³/mol. The van der Waals surface area contributed by atoms with Crippen LogP contribution in [0.1, 0.15) is 38.5 Å². The standard InChI is InChI=1S/C12H17N3O/c16-11(7-6-10-4-1-2-5-10)15-12-13-8-3-9-14-12/h3,8-10H,1-2,4-7H2,(H,13,14,15,16). The maximum Gasteiger partial charge on any atom is 0.229 e. The molecule has 1 aromatic rings. The Morgan fingerprint density at radius 1 is 1.31 bits per heavy atom. The first-order valence-corrected chi connectivity index (χ1v) is 5.91. The number of hydrogen-bond donors (Lipinski definition) is 1. The van der Waals surface area contributed by atoms with Crippen molar-refractivity contribution in [3.8, 4) is 0 Å². The van der Waals surface area contributed by atoms with Gasteiger partial charge in [0.2, 0.25) is 11.9 Å². The van der Waals surface area contributed by atoms with Crippen LogP contribution in [0.5, 0.6) is 0 Å². The summed E-state index contributed by atoms with van der Waals surface area (Å²) in [4.78, 5) is 19.5. The molecule has 1 amide bonds. The van der Waals surface area contributed by atoms with Crippen LogP contribution in [-0.2, 0) is 4.79 Å². The van der Waals surface area contributed by atoms with Gasteiger partial charge < -0.3 is 0 Å². The zero-order valence-electron chi connectivity index (χ0n) is 9.35. The maximum absolute atomic E-state index is 11.6. The monoisotopic (exact) mass is 219 g/mol. The van der Waals surface area contributed by atoms with Gasteiger partial charge in [-0.05, 0) is 18.4 Å². The van der Waals surface area contributed by atoms with Crippen LogP contribution in [0.25, 0.3) is 0 Å². The summed E-state index contributed by atoms with van der Waals surface area (Å²) in [7, 11) is 0. The smallest absolute Gasteiger partial charge is 0.229 e. The van der Waals surface area contributed by atoms with Gasteiger partial charge in [-0.3, -0.25) is 10.1 Å². The minimum absolute atomic E-state index is 0.0260. The van der Waals surface area contributed by atoms with Gasteiger partial charge in [-0.25, -0.2) is 9.97 Å². The van der Waals surface area contributed by atoms with Crippen LogP contribution < -0.4 is 5.32 Å². The first-order chi connectivity index (χ1) is 7.84. The van der Waals surface area contributed by atoms with Gasteiger partial charge in [-0.2, -0.15) is 0 Å². The van der Waals surface area contributed by atoms with Crippen molar-refractivity contribution in [1.82, 2.24) is 9.97 Å². The van der Waals surface area contributed by atoms with Crippen molar-refractivity contribution in [2.45, 2.75) is 38.5 Å². The second-order valence-corrected chi connectivity index (χ2v) is 4.31. The number of carbonyl (C=O) groups excluding carboxylic acids is 1. The van der Waals surface area contributed by atoms with E-state index in [1.165, 1.54) is 25.7 Å². The molecule has 0 aromatic carbocycles. The third-order valence-electron chi connectivity index (χ3n) is 3.07. The highest BCUT2D eigenvalue weighted by atomic mass is 16.1. The maximum atomic E-state index is 11.6. The lowest BCUT2D eigenvalue weighted by Crippen LogP contribution is -2.14. The summed E-state index contributed by atoms with van der Waals surface area (Å²) >= 11 is 0. The Hall–Kier alpha value is -1.45. The van der Waals surface area contributed by atoms with Crippen molar-refractivity contribution < 1.29 is 4.79 Å². The molecule has 2 rings (SSSR count). The SMILES string of the molecule is O=C(CCC1CCCC1)Nc1ncccn1. The number of aromatic nitrogens is 2. The van der Waals surface area contributed by atoms with Gasteiger partial charge in [-0.1, -0.05) is 25.7 Å². The number of nitrogens with one attached hydrogen (secondary N) is 1. The number of anilines is 1. The normalized spacial score (nSPS) is 16.2. The van der Waals surface area contributed by atoms with E-state index >= 15 is 0 Å². The average Bonchev–Trinajstić information content (AvgIpc) is 2.81. The fourth-order valence-corrected chi connectivity index (χ4v) is 2.19. The van der Waals surface area contributed by atoms with Crippen LogP contribution in [-0.4, -0.2) is 15.9 Å². The third kappa shape index (κ3) is 3.29. The van der Waals surface area contributed by atoms with E-state index in [1.54, 1.807) is 18.5 Å². The Kier molecular flexibility index (Phi) is 3.86. The molecule has 0 unspecified atom stereocenters. The number of nitrogens with zero attached hydrogens (tertiary/aromatic N) is 2. The van der Waals surface area contributed by atoms with Crippen LogP contribution in [0.2, 0.25) is 0 Å². The lowest BCUT2D eigenvalue weighted by Gasteiger charge is -2.07. The van der Waals surface area contributed by atoms with Gasteiger partial charge in [0.05, 0.1) is 0 Å². The number of carbonyl (C=O) groups is 1. The molecular weight excluding hydrogens is 202 g/mol. The number of hydrogen-bond acceptors (Lipinski definition) is 3. The summed E-state index contributed by atoms with van der Waals surface area (Å²) in [5.41, 5.74) is 0. The molecule has 0 bridgehead atoms. The molecule has 1 fully saturated rings. The first-order valence-electron chi connectivity index (χ1n) is 5.91. The van der Waals surface area contributed by atoms with Crippen molar-refractivity contribution in [3.05, 3.63) is 18.5 Å². The van der Waals surface area contributed by atoms with Crippen LogP contribution in [0, 0.1) is 5.92 Å². The molecular formula is C12H17N3O. The molecule has 4 nitrogen and oxygen atoms in total. The predicted octanol–water partition coefficient (Wildman–Crippen LogP) is 2.39. The minimum Gasteiger partial charge on any atom is -0.295 e. The molecule has 1 N–H and O–H groups in total. The number of amides is 1. The molecule has 0 saturated heterocycles. The van der Waals surface area contributed by atoms with Crippen molar-refractivity contribution in [1.29, 1.82) is 0 Å². The van der Waals surface area contributed by atoms with Gasteiger partial charge >= 0.3 is 0 Å². The quantitative estimate of drug-likeness (QED) is 0.845. The molecule has 0 aliphatic heterocycles. The summed E-state index contributed by atoms with van der Waals surface area (Å²) in [5.74, 6) is 1.18. The molecule has 1 aliphatic rings. The average molecular weight is 219 g/mol. The summed E-state index contributed by atoms with van der Waals surface area (Å²) in [6.45, 7) is 0. The molecule has 1 heterocycles. The van der Waals surface area contributed by atoms with E-state index in [9.17, 15) is 4.79 Å². The first kappa shape index (κ1) is 11.0. The third-order valence-corrected chi connectivity index (χ3v) is 3.07. The molecule has 16 heavy (non-hydrogen) atoms. The van der Waals surface area contributed by atoms with E-state index in [0.717, 1.165) is 12.3 Å². The highest BCUT2D eigenvalue weighted by Gasteiger charge is 2.16. The lowest BCUT2D eigenvalue weighted by atomic mass is 10.0. The Labute approximate surface area is 95.5 Å². The second kappa shape index (κ2) is 5.58. The molecule has 0 atom stereocenters. The van der Waals surface area contributed by atoms with Crippen LogP contribution >= 0.6 is 0 Å². The summed E-state index contributed by atoms with van der Waals surface area (Å²) in [5, 5.41) is 2.70. The second-order valence-electron chi connectivity index (χ2n) is 4.31. The molecule has 0 radical (unpaired) electrons. The Balaban J connectivity index is 1.72. The van der Waals surface area contributed by atoms with E-state index in [4.69, 9.17) is 0 Å². The van der Waals surface area contributed by atoms with E-state index in [-0.39, 0.29) is 5.91 Å². The van der Waals surface area contributed by atoms with Crippen molar-refractivity contribution in [3.63, 3.8) is 0 Å². The van der Waals surface area contributed by atoms with Gasteiger partial charge in [0.25, 0.3) is 0 Å². The zero-order chi connectivity index (χ0) is 11.2. The fourth-order valence-electron chi connectivity index (χ4n) is 2.19. The van der Waals surface area contributed by atoms with E-state index in [0.29, 0.717) is 12.4 Å². The summed E-state index contributed by atoms with van der Waals surface area (Å²) in [6.07, 6.45) is 10.1. The van der Waals surface area contributed by atoms with Crippen molar-refractivity contribution >= 4 is 11.9 Å². The van der Waals surface area contributed by atoms with Gasteiger partial charge in [0.1, 0.15) is 0 Å². The van der Waals surface area contributed by atoms with Crippen LogP contribution in [0.3, 0.4) is 0 Å². The van der Waals surface area contributed by atoms with Gasteiger partial charge in [-0.15, -0.1) is 0 Å². The van der Waals surface area contributed by atoms with Crippen LogP contribution in [0.15, 0.2) is 18.5 Å². The highest BCUT2D eigenvalue weighted by molar-refractivity contribution is 5.88. The van der Waals surface area contributed by atoms with Gasteiger partial charge in [0.15, 0.2) is 0 Å². The molecule has 1 aliphatic carbocycles. The Bertz CT molecular complexity index is 333. The molecule has 4 heteroatoms. The molecule has 86 valence electrons. The summed E-state index contributed by atoms with van der Waals surface area (Å²) in [6, 6.07) is 1.73. The minimum atomic E-state index is 0.0260. The lowest BCUT2D eigenvalue weighted by molar-refractivity contribution is -0.116. The van der Waals surface area contributed by atoms with E-state index < -0.39 is 0 Å². The fraction of sp³-hybridized carbons (Fsp3) is 0.583. The van der Waals surface area contributed by atoms with Crippen molar-refractivity contribution in [2.75, 3.05) is 5.32 Å². The number of rotatable bonds is 4. The largest absolute Gasteiger partial charge is 0.295 e. The topological polar surface area (TPSA) is 54.9 Å². The highest BCUT2D eigenvalue weighted by Crippen LogP contribution is 2.28. The summed E-state index contributed by atoms with van der Waals surface area (Å²) < 4.78 is 0. The molecule has 1 saturated carbocycles. The van der Waals surface area contributed by atoms with Gasteiger partial charge in [0, 0.05) is 18.8 Å². The molecule has 0 spiro atoms. The van der Waals surface area contributed by atoms with Crippen molar-refractivity contribution in [2.24, 2.45) is 5.92 Å². The molecule has 1 aromatic heterocycles. The zero-order valence-corrected chi connectivity index (χ0v) is 9.35. The van der Waals surface area contributed by atoms with Crippen LogP contribution in [0.4, 0.5) is 5.95 Å². The van der Waals surface area contributed by atoms with E-state index in [1.807, 2.05) is 0 Å². The Morgan fingerprint density at radius 3 is 2.69 bits per heavy atom. The Morgan fingerprint density at radius 2 is 2.00 bits per heavy atom. The van der Waals surface area contributed by atoms with E-state index in [2.05, 4.69) is 15.3 Å².